The quantitative estimate of drug-likeness (QED) is 0.501. The Hall–Kier alpha value is -1.22. The van der Waals surface area contributed by atoms with E-state index >= 15 is 0 Å². The Bertz CT molecular complexity index is 804. The summed E-state index contributed by atoms with van der Waals surface area (Å²) in [7, 11) is 0. The molecule has 4 aliphatic heterocycles. The van der Waals surface area contributed by atoms with Gasteiger partial charge in [0.1, 0.15) is 12.1 Å². The van der Waals surface area contributed by atoms with Crippen molar-refractivity contribution in [2.24, 2.45) is 23.7 Å². The molecule has 8 heteroatoms. The maximum atomic E-state index is 13.7. The van der Waals surface area contributed by atoms with Crippen molar-refractivity contribution in [3.05, 3.63) is 0 Å². The fourth-order valence-electron chi connectivity index (χ4n) is 8.93. The van der Waals surface area contributed by atoms with E-state index < -0.39 is 6.10 Å². The molecule has 0 aromatic heterocycles. The SMILES string of the molecule is C[C@@H](OC1CCC2C(C1)C1CC[NH2+]C3C4CCCCC4C(=O)N2C13)C(=O)NCCCN1CCOCC1. The summed E-state index contributed by atoms with van der Waals surface area (Å²) >= 11 is 0. The van der Waals surface area contributed by atoms with Gasteiger partial charge in [0, 0.05) is 43.9 Å². The summed E-state index contributed by atoms with van der Waals surface area (Å²) in [6.45, 7) is 8.41. The Morgan fingerprint density at radius 3 is 2.81 bits per heavy atom. The second-order valence-corrected chi connectivity index (χ2v) is 12.4. The molecule has 6 rings (SSSR count). The average molecular weight is 504 g/mol. The summed E-state index contributed by atoms with van der Waals surface area (Å²) in [5.41, 5.74) is 0. The Morgan fingerprint density at radius 2 is 1.94 bits per heavy atom. The zero-order valence-electron chi connectivity index (χ0n) is 22.1. The minimum Gasteiger partial charge on any atom is -0.379 e. The van der Waals surface area contributed by atoms with Crippen molar-refractivity contribution in [1.82, 2.24) is 15.1 Å². The van der Waals surface area contributed by atoms with E-state index in [1.807, 2.05) is 6.92 Å². The second kappa shape index (κ2) is 10.9. The van der Waals surface area contributed by atoms with Gasteiger partial charge in [-0.05, 0) is 63.8 Å². The lowest BCUT2D eigenvalue weighted by Crippen LogP contribution is -2.98. The summed E-state index contributed by atoms with van der Waals surface area (Å²) in [6, 6.07) is 1.44. The third-order valence-corrected chi connectivity index (χ3v) is 10.5. The Kier molecular flexibility index (Phi) is 7.57. The molecule has 6 fully saturated rings. The van der Waals surface area contributed by atoms with E-state index in [1.54, 1.807) is 0 Å². The Labute approximate surface area is 216 Å². The number of piperidine rings is 2. The molecule has 8 nitrogen and oxygen atoms in total. The normalized spacial score (nSPS) is 41.2. The lowest BCUT2D eigenvalue weighted by atomic mass is 9.66. The van der Waals surface area contributed by atoms with Crippen molar-refractivity contribution < 1.29 is 24.4 Å². The number of fused-ring (bicyclic) bond motifs is 5. The van der Waals surface area contributed by atoms with E-state index in [0.29, 0.717) is 48.3 Å². The van der Waals surface area contributed by atoms with Gasteiger partial charge in [-0.25, -0.2) is 0 Å². The van der Waals surface area contributed by atoms with Crippen LogP contribution < -0.4 is 10.6 Å². The molecule has 2 saturated carbocycles. The molecule has 6 aliphatic rings. The molecule has 2 amide bonds. The zero-order valence-corrected chi connectivity index (χ0v) is 22.1. The predicted octanol–water partition coefficient (Wildman–Crippen LogP) is 0.750. The molecule has 4 heterocycles. The van der Waals surface area contributed by atoms with Crippen LogP contribution in [-0.4, -0.2) is 97.9 Å². The number of nitrogens with two attached hydrogens (primary N) is 1. The van der Waals surface area contributed by atoms with E-state index in [2.05, 4.69) is 20.4 Å². The fourth-order valence-corrected chi connectivity index (χ4v) is 8.93. The highest BCUT2D eigenvalue weighted by Gasteiger charge is 2.63. The number of quaternary nitrogens is 1. The molecular formula is C28H47N4O4+. The molecule has 0 aromatic rings. The molecule has 9 atom stereocenters. The summed E-state index contributed by atoms with van der Waals surface area (Å²) in [5.74, 6) is 2.52. The molecular weight excluding hydrogens is 456 g/mol. The van der Waals surface area contributed by atoms with Gasteiger partial charge in [-0.3, -0.25) is 14.5 Å². The molecule has 0 spiro atoms. The van der Waals surface area contributed by atoms with Crippen molar-refractivity contribution >= 4 is 11.8 Å². The van der Waals surface area contributed by atoms with Crippen molar-refractivity contribution in [3.63, 3.8) is 0 Å². The van der Waals surface area contributed by atoms with Crippen molar-refractivity contribution in [2.75, 3.05) is 45.9 Å². The van der Waals surface area contributed by atoms with E-state index in [-0.39, 0.29) is 17.9 Å². The van der Waals surface area contributed by atoms with Crippen LogP contribution in [0.15, 0.2) is 0 Å². The highest BCUT2D eigenvalue weighted by molar-refractivity contribution is 5.82. The van der Waals surface area contributed by atoms with Gasteiger partial charge in [0.05, 0.1) is 31.9 Å². The molecule has 8 unspecified atom stereocenters. The Balaban J connectivity index is 1.02. The number of rotatable bonds is 7. The van der Waals surface area contributed by atoms with Crippen LogP contribution in [0.5, 0.6) is 0 Å². The summed E-state index contributed by atoms with van der Waals surface area (Å²) in [5, 5.41) is 5.69. The second-order valence-electron chi connectivity index (χ2n) is 12.4. The fraction of sp³-hybridized carbons (Fsp3) is 0.929. The largest absolute Gasteiger partial charge is 0.379 e. The van der Waals surface area contributed by atoms with Crippen molar-refractivity contribution in [3.8, 4) is 0 Å². The first-order chi connectivity index (χ1) is 17.6. The van der Waals surface area contributed by atoms with Crippen LogP contribution in [0.4, 0.5) is 0 Å². The van der Waals surface area contributed by atoms with Crippen molar-refractivity contribution in [2.45, 2.75) is 95.0 Å². The molecule has 36 heavy (non-hydrogen) atoms. The van der Waals surface area contributed by atoms with Gasteiger partial charge in [-0.1, -0.05) is 12.8 Å². The molecule has 4 saturated heterocycles. The highest BCUT2D eigenvalue weighted by atomic mass is 16.5. The smallest absolute Gasteiger partial charge is 0.248 e. The molecule has 0 aromatic carbocycles. The third-order valence-electron chi connectivity index (χ3n) is 10.5. The van der Waals surface area contributed by atoms with Gasteiger partial charge in [0.2, 0.25) is 11.8 Å². The number of ether oxygens (including phenoxy) is 2. The maximum Gasteiger partial charge on any atom is 0.248 e. The van der Waals surface area contributed by atoms with Gasteiger partial charge in [0.25, 0.3) is 0 Å². The third kappa shape index (κ3) is 4.72. The minimum atomic E-state index is -0.420. The highest BCUT2D eigenvalue weighted by Crippen LogP contribution is 2.53. The molecule has 2 aliphatic carbocycles. The van der Waals surface area contributed by atoms with Gasteiger partial charge in [0.15, 0.2) is 0 Å². The number of morpholine rings is 1. The molecule has 202 valence electrons. The first-order valence-corrected chi connectivity index (χ1v) is 15.0. The van der Waals surface area contributed by atoms with Crippen LogP contribution in [0.3, 0.4) is 0 Å². The van der Waals surface area contributed by atoms with Crippen LogP contribution in [0, 0.1) is 23.7 Å². The van der Waals surface area contributed by atoms with E-state index in [4.69, 9.17) is 9.47 Å². The number of hydrogen-bond donors (Lipinski definition) is 2. The maximum absolute atomic E-state index is 13.7. The van der Waals surface area contributed by atoms with E-state index in [9.17, 15) is 9.59 Å². The van der Waals surface area contributed by atoms with E-state index in [0.717, 1.165) is 65.0 Å². The minimum absolute atomic E-state index is 0.00882. The van der Waals surface area contributed by atoms with Gasteiger partial charge < -0.3 is 25.0 Å². The van der Waals surface area contributed by atoms with Gasteiger partial charge in [-0.2, -0.15) is 0 Å². The standard InChI is InChI=1S/C28H46N4O4/c1-18(27(33)30-10-4-12-31-13-15-35-16-14-31)36-19-7-8-24-23(17-19)21-9-11-29-25-20-5-2-3-6-22(20)28(34)32(24)26(21)25/h18-26,29H,2-17H2,1H3,(H,30,33)/p+1/t18-,19?,20?,21?,22?,23?,24?,25?,26?/m1/s1. The topological polar surface area (TPSA) is 87.7 Å². The summed E-state index contributed by atoms with van der Waals surface area (Å²) in [4.78, 5) is 31.3. The van der Waals surface area contributed by atoms with Crippen LogP contribution >= 0.6 is 0 Å². The average Bonchev–Trinajstić information content (AvgIpc) is 3.25. The predicted molar refractivity (Wildman–Crippen MR) is 135 cm³/mol. The van der Waals surface area contributed by atoms with Crippen LogP contribution in [0.2, 0.25) is 0 Å². The number of carbonyl (C=O) groups is 2. The van der Waals surface area contributed by atoms with Gasteiger partial charge in [-0.15, -0.1) is 0 Å². The first-order valence-electron chi connectivity index (χ1n) is 15.0. The van der Waals surface area contributed by atoms with Crippen molar-refractivity contribution in [1.29, 1.82) is 0 Å². The summed E-state index contributed by atoms with van der Waals surface area (Å²) in [6.07, 6.45) is 9.75. The molecule has 3 N–H and O–H groups in total. The van der Waals surface area contributed by atoms with Gasteiger partial charge >= 0.3 is 0 Å². The summed E-state index contributed by atoms with van der Waals surface area (Å²) < 4.78 is 11.8. The van der Waals surface area contributed by atoms with Crippen LogP contribution in [0.1, 0.15) is 64.7 Å². The van der Waals surface area contributed by atoms with Crippen LogP contribution in [-0.2, 0) is 19.1 Å². The van der Waals surface area contributed by atoms with E-state index in [1.165, 1.54) is 32.2 Å². The first kappa shape index (κ1) is 25.1. The number of amides is 2. The van der Waals surface area contributed by atoms with Crippen LogP contribution in [0.25, 0.3) is 0 Å². The lowest BCUT2D eigenvalue weighted by molar-refractivity contribution is -0.713. The zero-order chi connectivity index (χ0) is 24.6. The number of nitrogens with one attached hydrogen (secondary N) is 1. The number of carbonyl (C=O) groups excluding carboxylic acids is 2. The number of hydrogen-bond acceptors (Lipinski definition) is 5. The monoisotopic (exact) mass is 503 g/mol. The molecule has 0 bridgehead atoms. The number of nitrogens with zero attached hydrogens (tertiary/aromatic N) is 2. The lowest BCUT2D eigenvalue weighted by Gasteiger charge is -2.50. The Morgan fingerprint density at radius 1 is 1.11 bits per heavy atom. The molecule has 0 radical (unpaired) electrons.